The highest BCUT2D eigenvalue weighted by Gasteiger charge is 2.39. The largest absolute Gasteiger partial charge is 0.496 e. The van der Waals surface area contributed by atoms with Crippen LogP contribution in [-0.2, 0) is 0 Å². The van der Waals surface area contributed by atoms with Crippen LogP contribution in [0.5, 0.6) is 5.75 Å². The van der Waals surface area contributed by atoms with Gasteiger partial charge in [-0.25, -0.2) is 14.6 Å². The van der Waals surface area contributed by atoms with Crippen molar-refractivity contribution >= 4 is 33.0 Å². The molecule has 40 heavy (non-hydrogen) atoms. The average molecular weight is 549 g/mol. The van der Waals surface area contributed by atoms with Gasteiger partial charge in [0.2, 0.25) is 0 Å². The Morgan fingerprint density at radius 3 is 2.58 bits per heavy atom. The molecule has 1 aliphatic rings. The fourth-order valence-electron chi connectivity index (χ4n) is 5.77. The third kappa shape index (κ3) is 3.80. The van der Waals surface area contributed by atoms with Crippen LogP contribution in [0, 0.1) is 19.8 Å². The number of ether oxygens (including phenoxy) is 1. The summed E-state index contributed by atoms with van der Waals surface area (Å²) in [6.45, 7) is 3.98. The van der Waals surface area contributed by atoms with Gasteiger partial charge in [0, 0.05) is 16.6 Å². The Labute approximate surface area is 234 Å². The molecule has 0 spiro atoms. The van der Waals surface area contributed by atoms with Crippen molar-refractivity contribution in [2.75, 3.05) is 12.8 Å². The molecule has 0 unspecified atom stereocenters. The first-order valence-electron chi connectivity index (χ1n) is 13.3. The number of hydrogen-bond acceptors (Lipinski definition) is 7. The minimum absolute atomic E-state index is 0.0142. The minimum atomic E-state index is -0.194. The second kappa shape index (κ2) is 9.31. The van der Waals surface area contributed by atoms with Crippen molar-refractivity contribution < 1.29 is 4.74 Å². The zero-order chi connectivity index (χ0) is 27.5. The second-order valence-electron chi connectivity index (χ2n) is 10.4. The van der Waals surface area contributed by atoms with Crippen molar-refractivity contribution in [3.05, 3.63) is 93.5 Å². The predicted octanol–water partition coefficient (Wildman–Crippen LogP) is 6.04. The number of benzene rings is 2. The number of nitrogens with zero attached hydrogens (tertiary/aromatic N) is 5. The molecule has 4 heterocycles. The Balaban J connectivity index is 1.53. The molecule has 4 aromatic heterocycles. The van der Waals surface area contributed by atoms with Crippen molar-refractivity contribution in [2.24, 2.45) is 5.92 Å². The number of pyridine rings is 1. The summed E-state index contributed by atoms with van der Waals surface area (Å²) in [6.07, 6.45) is 3.57. The molecule has 9 heteroatoms. The third-order valence-corrected chi connectivity index (χ3v) is 8.81. The van der Waals surface area contributed by atoms with E-state index in [9.17, 15) is 4.79 Å². The molecule has 2 N–H and O–H groups in total. The van der Waals surface area contributed by atoms with Crippen LogP contribution in [-0.4, -0.2) is 31.3 Å². The van der Waals surface area contributed by atoms with E-state index in [1.807, 2.05) is 76.8 Å². The van der Waals surface area contributed by atoms with E-state index in [1.165, 1.54) is 6.33 Å². The average Bonchev–Trinajstić information content (AvgIpc) is 3.61. The molecule has 200 valence electrons. The summed E-state index contributed by atoms with van der Waals surface area (Å²) in [7, 11) is 1.66. The maximum absolute atomic E-state index is 14.1. The lowest BCUT2D eigenvalue weighted by molar-refractivity contribution is 0.412. The summed E-state index contributed by atoms with van der Waals surface area (Å²) in [4.78, 5) is 24.1. The lowest BCUT2D eigenvalue weighted by Gasteiger charge is -2.22. The Hall–Kier alpha value is -4.50. The third-order valence-electron chi connectivity index (χ3n) is 7.81. The number of methoxy groups -OCH3 is 1. The van der Waals surface area contributed by atoms with Crippen LogP contribution >= 0.6 is 11.3 Å². The molecule has 6 aromatic rings. The zero-order valence-electron chi connectivity index (χ0n) is 22.5. The van der Waals surface area contributed by atoms with Crippen LogP contribution in [0.4, 0.5) is 5.82 Å². The molecule has 1 atom stereocenters. The van der Waals surface area contributed by atoms with Crippen molar-refractivity contribution in [2.45, 2.75) is 32.7 Å². The summed E-state index contributed by atoms with van der Waals surface area (Å²) >= 11 is 1.58. The van der Waals surface area contributed by atoms with Crippen LogP contribution in [0.15, 0.2) is 71.1 Å². The van der Waals surface area contributed by atoms with Gasteiger partial charge in [0.05, 0.1) is 24.1 Å². The summed E-state index contributed by atoms with van der Waals surface area (Å²) in [5.74, 6) is 1.50. The van der Waals surface area contributed by atoms with Crippen molar-refractivity contribution in [1.82, 2.24) is 24.1 Å². The van der Waals surface area contributed by atoms with E-state index in [2.05, 4.69) is 11.1 Å². The number of aryl methyl sites for hydroxylation is 2. The summed E-state index contributed by atoms with van der Waals surface area (Å²) < 4.78 is 9.28. The molecule has 1 aliphatic carbocycles. The number of thiazole rings is 1. The van der Waals surface area contributed by atoms with Gasteiger partial charge in [0.15, 0.2) is 5.65 Å². The molecule has 2 aromatic carbocycles. The minimum Gasteiger partial charge on any atom is -0.496 e. The van der Waals surface area contributed by atoms with Crippen molar-refractivity contribution in [1.29, 1.82) is 0 Å². The number of aromatic nitrogens is 5. The summed E-state index contributed by atoms with van der Waals surface area (Å²) in [6, 6.07) is 17.9. The molecule has 8 nitrogen and oxygen atoms in total. The maximum Gasteiger partial charge on any atom is 0.264 e. The number of fused-ring (bicyclic) bond motifs is 2. The van der Waals surface area contributed by atoms with Gasteiger partial charge >= 0.3 is 0 Å². The molecule has 0 aliphatic heterocycles. The van der Waals surface area contributed by atoms with Crippen LogP contribution in [0.1, 0.15) is 35.7 Å². The smallest absolute Gasteiger partial charge is 0.264 e. The van der Waals surface area contributed by atoms with Gasteiger partial charge < -0.3 is 10.5 Å². The molecular formula is C31H28N6O2S. The maximum atomic E-state index is 14.1. The van der Waals surface area contributed by atoms with Crippen molar-refractivity contribution in [3.63, 3.8) is 0 Å². The van der Waals surface area contributed by atoms with Crippen molar-refractivity contribution in [3.8, 4) is 28.1 Å². The number of nitrogens with two attached hydrogens (primary N) is 1. The number of anilines is 1. The molecule has 0 amide bonds. The van der Waals surface area contributed by atoms with Gasteiger partial charge in [-0.2, -0.15) is 5.10 Å². The van der Waals surface area contributed by atoms with Crippen LogP contribution in [0.25, 0.3) is 38.2 Å². The van der Waals surface area contributed by atoms with Gasteiger partial charge in [-0.05, 0) is 73.6 Å². The molecule has 0 saturated heterocycles. The first-order chi connectivity index (χ1) is 19.5. The number of rotatable bonds is 6. The van der Waals surface area contributed by atoms with Crippen LogP contribution in [0.2, 0.25) is 0 Å². The normalized spacial score (nSPS) is 14.2. The first kappa shape index (κ1) is 24.5. The Kier molecular flexibility index (Phi) is 5.71. The van der Waals surface area contributed by atoms with Gasteiger partial charge in [-0.3, -0.25) is 9.20 Å². The second-order valence-corrected chi connectivity index (χ2v) is 11.3. The van der Waals surface area contributed by atoms with Gasteiger partial charge in [-0.1, -0.05) is 30.3 Å². The monoisotopic (exact) mass is 548 g/mol. The highest BCUT2D eigenvalue weighted by atomic mass is 32.1. The Morgan fingerprint density at radius 2 is 1.85 bits per heavy atom. The van der Waals surface area contributed by atoms with E-state index in [1.54, 1.807) is 18.4 Å². The fraction of sp³-hybridized carbons (Fsp3) is 0.226. The highest BCUT2D eigenvalue weighted by molar-refractivity contribution is 7.15. The summed E-state index contributed by atoms with van der Waals surface area (Å²) in [5, 5.41) is 7.93. The SMILES string of the molecule is COc1ccc(-c2nn([C@H](c3cc4scc(C)n4c(=O)c3-c3ccccc3)C3CC3)c3ncnc(N)c23)cc1C. The lowest BCUT2D eigenvalue weighted by atomic mass is 9.93. The predicted molar refractivity (Wildman–Crippen MR) is 159 cm³/mol. The molecule has 0 bridgehead atoms. The fourth-order valence-corrected chi connectivity index (χ4v) is 6.69. The summed E-state index contributed by atoms with van der Waals surface area (Å²) in [5.41, 5.74) is 13.2. The van der Waals surface area contributed by atoms with Gasteiger partial charge in [-0.15, -0.1) is 11.3 Å². The quantitative estimate of drug-likeness (QED) is 0.272. The van der Waals surface area contributed by atoms with Gasteiger partial charge in [0.1, 0.15) is 28.4 Å². The van der Waals surface area contributed by atoms with E-state index < -0.39 is 0 Å². The Bertz CT molecular complexity index is 1970. The molecule has 1 fully saturated rings. The standard InChI is InChI=1S/C31H28N6O2S/c1-17-13-21(11-12-23(17)39-3)27-26-29(32)33-16-34-30(26)37(35-27)28(20-9-10-20)22-14-24-36(18(2)15-40-24)31(38)25(22)19-7-5-4-6-8-19/h4-8,11-16,20,28H,9-10H2,1-3H3,(H2,32,33,34)/t28-/m0/s1. The van der Waals surface area contributed by atoms with E-state index in [4.69, 9.17) is 20.6 Å². The highest BCUT2D eigenvalue weighted by Crippen LogP contribution is 2.47. The van der Waals surface area contributed by atoms with E-state index in [0.29, 0.717) is 28.3 Å². The molecule has 0 radical (unpaired) electrons. The number of nitrogen functional groups attached to an aromatic ring is 1. The van der Waals surface area contributed by atoms with E-state index in [-0.39, 0.29) is 11.6 Å². The van der Waals surface area contributed by atoms with Crippen LogP contribution < -0.4 is 16.0 Å². The van der Waals surface area contributed by atoms with E-state index >= 15 is 0 Å². The molecule has 1 saturated carbocycles. The van der Waals surface area contributed by atoms with Crippen LogP contribution in [0.3, 0.4) is 0 Å². The van der Waals surface area contributed by atoms with Gasteiger partial charge in [0.25, 0.3) is 5.56 Å². The molecule has 7 rings (SSSR count). The lowest BCUT2D eigenvalue weighted by Crippen LogP contribution is -2.23. The molecular weight excluding hydrogens is 520 g/mol. The number of hydrogen-bond donors (Lipinski definition) is 1. The van der Waals surface area contributed by atoms with E-state index in [0.717, 1.165) is 57.1 Å². The topological polar surface area (TPSA) is 100 Å². The Morgan fingerprint density at radius 1 is 1.05 bits per heavy atom. The first-order valence-corrected chi connectivity index (χ1v) is 14.2. The zero-order valence-corrected chi connectivity index (χ0v) is 23.3.